The third-order valence-electron chi connectivity index (χ3n) is 3.89. The highest BCUT2D eigenvalue weighted by Gasteiger charge is 2.18. The highest BCUT2D eigenvalue weighted by Crippen LogP contribution is 2.29. The van der Waals surface area contributed by atoms with Crippen molar-refractivity contribution in [3.8, 4) is 5.75 Å². The van der Waals surface area contributed by atoms with Crippen molar-refractivity contribution in [2.45, 2.75) is 39.7 Å². The van der Waals surface area contributed by atoms with Crippen molar-refractivity contribution in [2.24, 2.45) is 0 Å². The molecule has 2 aromatic rings. The summed E-state index contributed by atoms with van der Waals surface area (Å²) < 4.78 is 11.0. The van der Waals surface area contributed by atoms with Gasteiger partial charge < -0.3 is 19.6 Å². The first kappa shape index (κ1) is 18.5. The maximum Gasteiger partial charge on any atom is 0.336 e. The van der Waals surface area contributed by atoms with Crippen LogP contribution in [-0.2, 0) is 16.0 Å². The number of nitrogens with one attached hydrogen (secondary N) is 1. The number of aryl methyl sites for hydroxylation is 2. The number of aliphatic carboxylic acids is 1. The first-order valence-electron chi connectivity index (χ1n) is 8.06. The SMILES string of the molecule is CCc1cc(=O)oc2c(C)c(O[C@@H](C)C(=O)NCCC(=O)O)ccc12. The van der Waals surface area contributed by atoms with E-state index in [0.29, 0.717) is 23.3 Å². The van der Waals surface area contributed by atoms with Crippen LogP contribution in [0.25, 0.3) is 11.0 Å². The summed E-state index contributed by atoms with van der Waals surface area (Å²) in [5, 5.41) is 11.9. The Morgan fingerprint density at radius 1 is 1.36 bits per heavy atom. The van der Waals surface area contributed by atoms with Gasteiger partial charge in [0.05, 0.1) is 6.42 Å². The highest BCUT2D eigenvalue weighted by molar-refractivity contribution is 5.85. The Morgan fingerprint density at radius 2 is 2.08 bits per heavy atom. The van der Waals surface area contributed by atoms with Crippen LogP contribution in [-0.4, -0.2) is 29.6 Å². The molecular weight excluding hydrogens is 326 g/mol. The molecular formula is C18H21NO6. The van der Waals surface area contributed by atoms with Gasteiger partial charge in [-0.2, -0.15) is 0 Å². The van der Waals surface area contributed by atoms with Crippen LogP contribution in [0.4, 0.5) is 0 Å². The molecule has 0 aliphatic rings. The Balaban J connectivity index is 2.21. The number of rotatable bonds is 7. The Hall–Kier alpha value is -2.83. The molecule has 1 aromatic carbocycles. The average Bonchev–Trinajstić information content (AvgIpc) is 2.56. The maximum atomic E-state index is 12.0. The van der Waals surface area contributed by atoms with Gasteiger partial charge in [0.25, 0.3) is 5.91 Å². The lowest BCUT2D eigenvalue weighted by atomic mass is 10.0. The summed E-state index contributed by atoms with van der Waals surface area (Å²) in [6.07, 6.45) is -0.270. The van der Waals surface area contributed by atoms with Crippen LogP contribution in [0, 0.1) is 6.92 Å². The fourth-order valence-corrected chi connectivity index (χ4v) is 2.51. The number of amides is 1. The molecule has 0 fully saturated rings. The third-order valence-corrected chi connectivity index (χ3v) is 3.89. The van der Waals surface area contributed by atoms with E-state index < -0.39 is 23.6 Å². The van der Waals surface area contributed by atoms with Gasteiger partial charge in [0.2, 0.25) is 0 Å². The minimum Gasteiger partial charge on any atom is -0.481 e. The number of hydrogen-bond donors (Lipinski definition) is 2. The number of carboxylic acid groups (broad SMARTS) is 1. The molecule has 2 rings (SSSR count). The second-order valence-corrected chi connectivity index (χ2v) is 5.70. The van der Waals surface area contributed by atoms with E-state index in [1.165, 1.54) is 6.07 Å². The van der Waals surface area contributed by atoms with Gasteiger partial charge in [0.15, 0.2) is 6.10 Å². The van der Waals surface area contributed by atoms with E-state index in [-0.39, 0.29) is 13.0 Å². The largest absolute Gasteiger partial charge is 0.481 e. The van der Waals surface area contributed by atoms with Crippen LogP contribution in [0.2, 0.25) is 0 Å². The normalized spacial score (nSPS) is 12.0. The molecule has 2 N–H and O–H groups in total. The summed E-state index contributed by atoms with van der Waals surface area (Å²) >= 11 is 0. The van der Waals surface area contributed by atoms with Crippen LogP contribution < -0.4 is 15.7 Å². The van der Waals surface area contributed by atoms with Crippen molar-refractivity contribution in [3.05, 3.63) is 39.7 Å². The fourth-order valence-electron chi connectivity index (χ4n) is 2.51. The van der Waals surface area contributed by atoms with Crippen molar-refractivity contribution in [1.29, 1.82) is 0 Å². The number of benzene rings is 1. The maximum absolute atomic E-state index is 12.0. The van der Waals surface area contributed by atoms with Gasteiger partial charge in [0.1, 0.15) is 11.3 Å². The Labute approximate surface area is 144 Å². The van der Waals surface area contributed by atoms with Gasteiger partial charge in [-0.3, -0.25) is 9.59 Å². The van der Waals surface area contributed by atoms with E-state index in [4.69, 9.17) is 14.3 Å². The summed E-state index contributed by atoms with van der Waals surface area (Å²) in [4.78, 5) is 34.1. The first-order valence-corrected chi connectivity index (χ1v) is 8.06. The number of hydrogen-bond acceptors (Lipinski definition) is 5. The number of carbonyl (C=O) groups excluding carboxylic acids is 1. The second-order valence-electron chi connectivity index (χ2n) is 5.70. The molecule has 1 amide bonds. The van der Waals surface area contributed by atoms with Gasteiger partial charge in [0, 0.05) is 23.6 Å². The third kappa shape index (κ3) is 4.37. The summed E-state index contributed by atoms with van der Waals surface area (Å²) in [6.45, 7) is 5.32. The molecule has 134 valence electrons. The molecule has 0 spiro atoms. The Morgan fingerprint density at radius 3 is 2.72 bits per heavy atom. The lowest BCUT2D eigenvalue weighted by molar-refractivity contribution is -0.137. The molecule has 25 heavy (non-hydrogen) atoms. The van der Waals surface area contributed by atoms with Crippen LogP contribution in [0.5, 0.6) is 5.75 Å². The summed E-state index contributed by atoms with van der Waals surface area (Å²) in [6, 6.07) is 5.01. The summed E-state index contributed by atoms with van der Waals surface area (Å²) in [5.41, 5.74) is 1.54. The lowest BCUT2D eigenvalue weighted by Gasteiger charge is -2.17. The molecule has 0 saturated heterocycles. The van der Waals surface area contributed by atoms with Crippen LogP contribution in [0.1, 0.15) is 31.4 Å². The van der Waals surface area contributed by atoms with Crippen LogP contribution >= 0.6 is 0 Å². The number of carboxylic acids is 1. The van der Waals surface area contributed by atoms with Gasteiger partial charge in [-0.05, 0) is 38.0 Å². The predicted octanol–water partition coefficient (Wildman–Crippen LogP) is 2.02. The number of ether oxygens (including phenoxy) is 1. The Kier molecular flexibility index (Phi) is 5.80. The highest BCUT2D eigenvalue weighted by atomic mass is 16.5. The molecule has 0 aliphatic heterocycles. The van der Waals surface area contributed by atoms with E-state index >= 15 is 0 Å². The van der Waals surface area contributed by atoms with Crippen LogP contribution in [0.15, 0.2) is 27.4 Å². The van der Waals surface area contributed by atoms with Gasteiger partial charge >= 0.3 is 11.6 Å². The standard InChI is InChI=1S/C18H21NO6/c1-4-12-9-16(22)25-17-10(2)14(6-5-13(12)17)24-11(3)18(23)19-8-7-15(20)21/h5-6,9,11H,4,7-8H2,1-3H3,(H,19,23)(H,20,21)/t11-/m0/s1. The van der Waals surface area contributed by atoms with E-state index in [1.807, 2.05) is 6.92 Å². The minimum atomic E-state index is -0.985. The zero-order valence-corrected chi connectivity index (χ0v) is 14.4. The second kappa shape index (κ2) is 7.83. The van der Waals surface area contributed by atoms with E-state index in [1.54, 1.807) is 26.0 Å². The van der Waals surface area contributed by atoms with Crippen molar-refractivity contribution in [3.63, 3.8) is 0 Å². The molecule has 7 nitrogen and oxygen atoms in total. The number of carbonyl (C=O) groups is 2. The van der Waals surface area contributed by atoms with E-state index in [2.05, 4.69) is 5.32 Å². The number of fused-ring (bicyclic) bond motifs is 1. The zero-order valence-electron chi connectivity index (χ0n) is 14.4. The average molecular weight is 347 g/mol. The molecule has 1 heterocycles. The molecule has 0 saturated carbocycles. The van der Waals surface area contributed by atoms with Gasteiger partial charge in [-0.1, -0.05) is 6.92 Å². The quantitative estimate of drug-likeness (QED) is 0.742. The smallest absolute Gasteiger partial charge is 0.336 e. The van der Waals surface area contributed by atoms with Crippen molar-refractivity contribution in [1.82, 2.24) is 5.32 Å². The molecule has 1 atom stereocenters. The van der Waals surface area contributed by atoms with Crippen molar-refractivity contribution >= 4 is 22.8 Å². The molecule has 1 aromatic heterocycles. The van der Waals surface area contributed by atoms with E-state index in [9.17, 15) is 14.4 Å². The first-order chi connectivity index (χ1) is 11.8. The van der Waals surface area contributed by atoms with Crippen molar-refractivity contribution in [2.75, 3.05) is 6.54 Å². The van der Waals surface area contributed by atoms with Crippen LogP contribution in [0.3, 0.4) is 0 Å². The van der Waals surface area contributed by atoms with Crippen molar-refractivity contribution < 1.29 is 23.8 Å². The molecule has 7 heteroatoms. The summed E-state index contributed by atoms with van der Waals surface area (Å²) in [5.74, 6) is -0.963. The predicted molar refractivity (Wildman–Crippen MR) is 92.0 cm³/mol. The fraction of sp³-hybridized carbons (Fsp3) is 0.389. The zero-order chi connectivity index (χ0) is 18.6. The Bertz CT molecular complexity index is 855. The topological polar surface area (TPSA) is 106 Å². The van der Waals surface area contributed by atoms with E-state index in [0.717, 1.165) is 10.9 Å². The molecule has 0 radical (unpaired) electrons. The molecule has 0 unspecified atom stereocenters. The summed E-state index contributed by atoms with van der Waals surface area (Å²) in [7, 11) is 0. The minimum absolute atomic E-state index is 0.0350. The van der Waals surface area contributed by atoms with Gasteiger partial charge in [-0.15, -0.1) is 0 Å². The monoisotopic (exact) mass is 347 g/mol. The molecule has 0 aliphatic carbocycles. The lowest BCUT2D eigenvalue weighted by Crippen LogP contribution is -2.37. The van der Waals surface area contributed by atoms with Gasteiger partial charge in [-0.25, -0.2) is 4.79 Å². The molecule has 0 bridgehead atoms.